The minimum atomic E-state index is -0.881. The molecule has 0 unspecified atom stereocenters. The molecule has 0 aliphatic carbocycles. The van der Waals surface area contributed by atoms with Crippen LogP contribution >= 0.6 is 0 Å². The fourth-order valence-electron chi connectivity index (χ4n) is 4.72. The van der Waals surface area contributed by atoms with Crippen LogP contribution in [0.4, 0.5) is 5.69 Å². The van der Waals surface area contributed by atoms with Gasteiger partial charge in [-0.25, -0.2) is 0 Å². The molecule has 40 heavy (non-hydrogen) atoms. The summed E-state index contributed by atoms with van der Waals surface area (Å²) in [6, 6.07) is 15.8. The number of fused-ring (bicyclic) bond motifs is 1. The van der Waals surface area contributed by atoms with Gasteiger partial charge in [-0.05, 0) is 58.6 Å². The van der Waals surface area contributed by atoms with Crippen molar-refractivity contribution in [1.29, 1.82) is 0 Å². The number of benzene rings is 3. The minimum absolute atomic E-state index is 0.143. The predicted octanol–water partition coefficient (Wildman–Crippen LogP) is 6.45. The van der Waals surface area contributed by atoms with E-state index in [1.807, 2.05) is 43.3 Å². The van der Waals surface area contributed by atoms with Gasteiger partial charge in [0.1, 0.15) is 11.8 Å². The van der Waals surface area contributed by atoms with Crippen molar-refractivity contribution in [2.24, 2.45) is 0 Å². The molecule has 0 radical (unpaired) electrons. The van der Waals surface area contributed by atoms with E-state index in [0.29, 0.717) is 34.9 Å². The number of amides is 2. The number of carbonyl (C=O) groups excluding carboxylic acids is 2. The number of aryl methyl sites for hydroxylation is 2. The van der Waals surface area contributed by atoms with Crippen LogP contribution in [0.25, 0.3) is 0 Å². The largest absolute Gasteiger partial charge is 0.507 e. The molecule has 1 aliphatic heterocycles. The van der Waals surface area contributed by atoms with Gasteiger partial charge in [0.15, 0.2) is 11.5 Å². The number of phenols is 1. The molecule has 7 nitrogen and oxygen atoms in total. The van der Waals surface area contributed by atoms with E-state index in [-0.39, 0.29) is 35.9 Å². The zero-order chi connectivity index (χ0) is 29.2. The highest BCUT2D eigenvalue weighted by Crippen LogP contribution is 2.40. The van der Waals surface area contributed by atoms with Gasteiger partial charge >= 0.3 is 0 Å². The molecule has 7 heteroatoms. The number of ether oxygens (including phenoxy) is 2. The Balaban J connectivity index is 1.53. The average Bonchev–Trinajstić information content (AvgIpc) is 3.34. The smallest absolute Gasteiger partial charge is 0.251 e. The first kappa shape index (κ1) is 29.0. The molecule has 2 amide bonds. The Morgan fingerprint density at radius 3 is 2.08 bits per heavy atom. The van der Waals surface area contributed by atoms with E-state index in [4.69, 9.17) is 9.47 Å². The number of nitrogens with one attached hydrogen (secondary N) is 2. The van der Waals surface area contributed by atoms with Gasteiger partial charge in [-0.2, -0.15) is 0 Å². The lowest BCUT2D eigenvalue weighted by Gasteiger charge is -2.28. The van der Waals surface area contributed by atoms with Gasteiger partial charge in [0.25, 0.3) is 5.91 Å². The molecular formula is C33H40N2O5. The third kappa shape index (κ3) is 6.76. The maximum Gasteiger partial charge on any atom is 0.251 e. The third-order valence-corrected chi connectivity index (χ3v) is 7.04. The standard InChI is InChI=1S/C33H40N2O5/c1-20-8-11-22(12-9-20)29(31(38)34-23-13-14-26-27(18-23)40-19-39-26)35-28(36)15-10-21-16-24(32(2,3)4)30(37)25(17-21)33(5,6)7/h8-9,11-14,16-18,29,37H,10,15,19H2,1-7H3,(H,34,38)(H,35,36)/t29-/m0/s1. The van der Waals surface area contributed by atoms with Crippen LogP contribution < -0.4 is 20.1 Å². The summed E-state index contributed by atoms with van der Waals surface area (Å²) in [4.78, 5) is 26.7. The molecule has 3 aromatic rings. The molecule has 212 valence electrons. The van der Waals surface area contributed by atoms with Crippen LogP contribution in [0.5, 0.6) is 17.2 Å². The number of aromatic hydroxyl groups is 1. The normalized spacial score (nSPS) is 13.6. The van der Waals surface area contributed by atoms with Crippen molar-refractivity contribution in [2.75, 3.05) is 12.1 Å². The van der Waals surface area contributed by atoms with Gasteiger partial charge < -0.3 is 25.2 Å². The van der Waals surface area contributed by atoms with Crippen molar-refractivity contribution >= 4 is 17.5 Å². The van der Waals surface area contributed by atoms with E-state index in [9.17, 15) is 14.7 Å². The first-order chi connectivity index (χ1) is 18.7. The van der Waals surface area contributed by atoms with Gasteiger partial charge in [-0.1, -0.05) is 83.5 Å². The Kier molecular flexibility index (Phi) is 8.15. The van der Waals surface area contributed by atoms with Crippen LogP contribution in [-0.2, 0) is 26.8 Å². The van der Waals surface area contributed by atoms with Crippen molar-refractivity contribution in [1.82, 2.24) is 5.32 Å². The summed E-state index contributed by atoms with van der Waals surface area (Å²) >= 11 is 0. The van der Waals surface area contributed by atoms with Crippen molar-refractivity contribution in [3.8, 4) is 17.2 Å². The van der Waals surface area contributed by atoms with Crippen LogP contribution in [0.15, 0.2) is 54.6 Å². The molecule has 0 spiro atoms. The maximum atomic E-state index is 13.4. The summed E-state index contributed by atoms with van der Waals surface area (Å²) < 4.78 is 10.8. The monoisotopic (exact) mass is 544 g/mol. The van der Waals surface area contributed by atoms with Gasteiger partial charge in [-0.15, -0.1) is 0 Å². The maximum absolute atomic E-state index is 13.4. The summed E-state index contributed by atoms with van der Waals surface area (Å²) in [5.74, 6) is 0.902. The van der Waals surface area contributed by atoms with Crippen LogP contribution in [0, 0.1) is 6.92 Å². The molecule has 0 saturated carbocycles. The van der Waals surface area contributed by atoms with Gasteiger partial charge in [0.2, 0.25) is 12.7 Å². The van der Waals surface area contributed by atoms with E-state index in [1.165, 1.54) is 0 Å². The summed E-state index contributed by atoms with van der Waals surface area (Å²) in [5, 5.41) is 16.9. The van der Waals surface area contributed by atoms with E-state index < -0.39 is 6.04 Å². The fraction of sp³-hybridized carbons (Fsp3) is 0.394. The second-order valence-corrected chi connectivity index (χ2v) is 12.5. The zero-order valence-electron chi connectivity index (χ0n) is 24.5. The van der Waals surface area contributed by atoms with Crippen molar-refractivity contribution in [3.63, 3.8) is 0 Å². The summed E-state index contributed by atoms with van der Waals surface area (Å²) in [7, 11) is 0. The molecule has 3 aromatic carbocycles. The topological polar surface area (TPSA) is 96.9 Å². The lowest BCUT2D eigenvalue weighted by atomic mass is 9.78. The van der Waals surface area contributed by atoms with E-state index in [0.717, 1.165) is 22.3 Å². The first-order valence-corrected chi connectivity index (χ1v) is 13.7. The quantitative estimate of drug-likeness (QED) is 0.318. The van der Waals surface area contributed by atoms with Crippen molar-refractivity contribution < 1.29 is 24.2 Å². The third-order valence-electron chi connectivity index (χ3n) is 7.04. The molecule has 4 rings (SSSR count). The van der Waals surface area contributed by atoms with Crippen LogP contribution in [0.3, 0.4) is 0 Å². The SMILES string of the molecule is Cc1ccc([C@H](NC(=O)CCc2cc(C(C)(C)C)c(O)c(C(C)(C)C)c2)C(=O)Nc2ccc3c(c2)OCO3)cc1. The Morgan fingerprint density at radius 2 is 1.48 bits per heavy atom. The molecule has 0 fully saturated rings. The second kappa shape index (κ2) is 11.2. The number of carbonyl (C=O) groups is 2. The van der Waals surface area contributed by atoms with Gasteiger partial charge in [0, 0.05) is 18.2 Å². The Labute approximate surface area is 236 Å². The molecule has 0 aromatic heterocycles. The zero-order valence-corrected chi connectivity index (χ0v) is 24.5. The number of rotatable bonds is 7. The molecule has 0 bridgehead atoms. The Bertz CT molecular complexity index is 1360. The van der Waals surface area contributed by atoms with Crippen molar-refractivity contribution in [3.05, 3.63) is 82.4 Å². The average molecular weight is 545 g/mol. The fourth-order valence-corrected chi connectivity index (χ4v) is 4.72. The number of anilines is 1. The van der Waals surface area contributed by atoms with Gasteiger partial charge in [0.05, 0.1) is 0 Å². The molecule has 1 heterocycles. The Hall–Kier alpha value is -4.00. The summed E-state index contributed by atoms with van der Waals surface area (Å²) in [6.45, 7) is 14.5. The van der Waals surface area contributed by atoms with Crippen LogP contribution in [0.2, 0.25) is 0 Å². The lowest BCUT2D eigenvalue weighted by molar-refractivity contribution is -0.126. The van der Waals surface area contributed by atoms with Crippen LogP contribution in [-0.4, -0.2) is 23.7 Å². The van der Waals surface area contributed by atoms with Crippen LogP contribution in [0.1, 0.15) is 81.8 Å². The highest BCUT2D eigenvalue weighted by molar-refractivity contribution is 5.98. The van der Waals surface area contributed by atoms with E-state index >= 15 is 0 Å². The molecule has 3 N–H and O–H groups in total. The molecular weight excluding hydrogens is 504 g/mol. The lowest BCUT2D eigenvalue weighted by Crippen LogP contribution is -2.37. The summed E-state index contributed by atoms with van der Waals surface area (Å²) in [5.41, 5.74) is 4.46. The molecule has 1 atom stereocenters. The van der Waals surface area contributed by atoms with E-state index in [1.54, 1.807) is 18.2 Å². The number of phenolic OH excluding ortho intramolecular Hbond substituents is 1. The Morgan fingerprint density at radius 1 is 0.875 bits per heavy atom. The van der Waals surface area contributed by atoms with E-state index in [2.05, 4.69) is 52.2 Å². The minimum Gasteiger partial charge on any atom is -0.507 e. The second-order valence-electron chi connectivity index (χ2n) is 12.5. The highest BCUT2D eigenvalue weighted by Gasteiger charge is 2.27. The summed E-state index contributed by atoms with van der Waals surface area (Å²) in [6.07, 6.45) is 0.667. The molecule has 1 aliphatic rings. The van der Waals surface area contributed by atoms with Gasteiger partial charge in [-0.3, -0.25) is 9.59 Å². The first-order valence-electron chi connectivity index (χ1n) is 13.7. The highest BCUT2D eigenvalue weighted by atomic mass is 16.7. The number of hydrogen-bond acceptors (Lipinski definition) is 5. The predicted molar refractivity (Wildman–Crippen MR) is 157 cm³/mol. The molecule has 0 saturated heterocycles. The number of hydrogen-bond donors (Lipinski definition) is 3. The van der Waals surface area contributed by atoms with Crippen molar-refractivity contribution in [2.45, 2.75) is 78.2 Å².